The van der Waals surface area contributed by atoms with Crippen LogP contribution < -0.4 is 10.6 Å². The van der Waals surface area contributed by atoms with Gasteiger partial charge in [-0.25, -0.2) is 14.6 Å². The molecule has 1 aromatic carbocycles. The van der Waals surface area contributed by atoms with Gasteiger partial charge < -0.3 is 20.1 Å². The van der Waals surface area contributed by atoms with Gasteiger partial charge in [-0.3, -0.25) is 10.1 Å². The van der Waals surface area contributed by atoms with Crippen LogP contribution in [0.1, 0.15) is 49.0 Å². The minimum Gasteiger partial charge on any atom is -0.462 e. The van der Waals surface area contributed by atoms with Crippen molar-refractivity contribution in [2.24, 2.45) is 0 Å². The van der Waals surface area contributed by atoms with E-state index in [1.54, 1.807) is 6.92 Å². The molecule has 0 spiro atoms. The number of carbonyl (C=O) groups excluding carboxylic acids is 2. The first kappa shape index (κ1) is 25.9. The highest BCUT2D eigenvalue weighted by Crippen LogP contribution is 2.35. The van der Waals surface area contributed by atoms with Crippen LogP contribution in [0, 0.1) is 10.1 Å². The average molecular weight is 479 g/mol. The number of carbonyl (C=O) groups is 2. The number of alkyl carbamates (subject to hydrolysis) is 1. The van der Waals surface area contributed by atoms with Gasteiger partial charge in [-0.2, -0.15) is 0 Å². The summed E-state index contributed by atoms with van der Waals surface area (Å²) in [5.74, 6) is -0.724. The molecule has 11 heteroatoms. The lowest BCUT2D eigenvalue weighted by Crippen LogP contribution is -2.25. The average Bonchev–Trinajstić information content (AvgIpc) is 2.78. The Morgan fingerprint density at radius 2 is 1.94 bits per heavy atom. The summed E-state index contributed by atoms with van der Waals surface area (Å²) in [7, 11) is 0. The van der Waals surface area contributed by atoms with Crippen LogP contribution in [0.4, 0.5) is 16.2 Å². The van der Waals surface area contributed by atoms with Gasteiger partial charge in [-0.1, -0.05) is 41.9 Å². The fourth-order valence-electron chi connectivity index (χ4n) is 3.01. The SMILES string of the molecule is CCOC(=O)c1cnc(Cl)c([N+](=O)[O-])c1NC(C)CCCCNC(=O)OCc1ccccc1. The molecular formula is C22H27ClN4O6. The van der Waals surface area contributed by atoms with E-state index in [4.69, 9.17) is 21.1 Å². The van der Waals surface area contributed by atoms with Gasteiger partial charge in [0.1, 0.15) is 17.9 Å². The van der Waals surface area contributed by atoms with Crippen molar-refractivity contribution in [3.8, 4) is 0 Å². The summed E-state index contributed by atoms with van der Waals surface area (Å²) in [5, 5.41) is 16.9. The van der Waals surface area contributed by atoms with Crippen molar-refractivity contribution in [1.29, 1.82) is 0 Å². The number of pyridine rings is 1. The number of nitro groups is 1. The van der Waals surface area contributed by atoms with Gasteiger partial charge in [0.05, 0.1) is 11.5 Å². The van der Waals surface area contributed by atoms with E-state index in [0.717, 1.165) is 11.8 Å². The molecule has 0 fully saturated rings. The van der Waals surface area contributed by atoms with Gasteiger partial charge in [0.15, 0.2) is 0 Å². The third kappa shape index (κ3) is 8.23. The zero-order valence-electron chi connectivity index (χ0n) is 18.5. The van der Waals surface area contributed by atoms with Gasteiger partial charge in [-0.15, -0.1) is 0 Å². The summed E-state index contributed by atoms with van der Waals surface area (Å²) in [6.07, 6.45) is 2.68. The van der Waals surface area contributed by atoms with Crippen LogP contribution in [0.2, 0.25) is 5.15 Å². The van der Waals surface area contributed by atoms with Gasteiger partial charge in [-0.05, 0) is 38.7 Å². The summed E-state index contributed by atoms with van der Waals surface area (Å²) in [6, 6.07) is 9.15. The smallest absolute Gasteiger partial charge is 0.407 e. The number of esters is 1. The lowest BCUT2D eigenvalue weighted by Gasteiger charge is -2.18. The van der Waals surface area contributed by atoms with Gasteiger partial charge in [0.25, 0.3) is 0 Å². The van der Waals surface area contributed by atoms with Crippen molar-refractivity contribution in [2.75, 3.05) is 18.5 Å². The van der Waals surface area contributed by atoms with Crippen LogP contribution in [-0.4, -0.2) is 41.2 Å². The first-order chi connectivity index (χ1) is 15.8. The number of anilines is 1. The highest BCUT2D eigenvalue weighted by molar-refractivity contribution is 6.32. The van der Waals surface area contributed by atoms with Crippen molar-refractivity contribution in [3.05, 3.63) is 62.9 Å². The maximum atomic E-state index is 12.2. The molecule has 10 nitrogen and oxygen atoms in total. The monoisotopic (exact) mass is 478 g/mol. The molecule has 1 atom stereocenters. The minimum atomic E-state index is -0.724. The Labute approximate surface area is 196 Å². The van der Waals surface area contributed by atoms with Crippen LogP contribution in [0.5, 0.6) is 0 Å². The normalized spacial score (nSPS) is 11.4. The first-order valence-electron chi connectivity index (χ1n) is 10.5. The van der Waals surface area contributed by atoms with Crippen LogP contribution in [0.25, 0.3) is 0 Å². The summed E-state index contributed by atoms with van der Waals surface area (Å²) in [6.45, 7) is 4.20. The lowest BCUT2D eigenvalue weighted by atomic mass is 10.1. The molecule has 0 radical (unpaired) electrons. The first-order valence-corrected chi connectivity index (χ1v) is 10.9. The van der Waals surface area contributed by atoms with Crippen molar-refractivity contribution < 1.29 is 24.0 Å². The molecule has 0 bridgehead atoms. The van der Waals surface area contributed by atoms with Crippen molar-refractivity contribution in [1.82, 2.24) is 10.3 Å². The molecule has 0 aliphatic rings. The third-order valence-corrected chi connectivity index (χ3v) is 4.90. The predicted octanol–water partition coefficient (Wildman–Crippen LogP) is 4.72. The number of amides is 1. The Balaban J connectivity index is 1.83. The highest BCUT2D eigenvalue weighted by Gasteiger charge is 2.28. The van der Waals surface area contributed by atoms with E-state index in [1.165, 1.54) is 0 Å². The number of nitrogens with zero attached hydrogens (tertiary/aromatic N) is 2. The molecule has 178 valence electrons. The van der Waals surface area contributed by atoms with Crippen LogP contribution in [-0.2, 0) is 16.1 Å². The largest absolute Gasteiger partial charge is 0.462 e. The minimum absolute atomic E-state index is 0.0198. The molecule has 2 N–H and O–H groups in total. The van der Waals surface area contributed by atoms with Crippen molar-refractivity contribution in [3.63, 3.8) is 0 Å². The van der Waals surface area contributed by atoms with E-state index in [-0.39, 0.29) is 35.7 Å². The molecule has 33 heavy (non-hydrogen) atoms. The van der Waals surface area contributed by atoms with Gasteiger partial charge in [0.2, 0.25) is 5.15 Å². The van der Waals surface area contributed by atoms with Crippen LogP contribution >= 0.6 is 11.6 Å². The quantitative estimate of drug-likeness (QED) is 0.147. The molecule has 0 aliphatic carbocycles. The number of ether oxygens (including phenoxy) is 2. The second-order valence-electron chi connectivity index (χ2n) is 7.19. The number of aromatic nitrogens is 1. The molecule has 1 amide bonds. The summed E-state index contributed by atoms with van der Waals surface area (Å²) < 4.78 is 10.1. The topological polar surface area (TPSA) is 133 Å². The van der Waals surface area contributed by atoms with E-state index in [1.807, 2.05) is 37.3 Å². The maximum absolute atomic E-state index is 12.2. The number of nitrogens with one attached hydrogen (secondary N) is 2. The zero-order valence-corrected chi connectivity index (χ0v) is 19.3. The molecule has 1 unspecified atom stereocenters. The fraction of sp³-hybridized carbons (Fsp3) is 0.409. The summed E-state index contributed by atoms with van der Waals surface area (Å²) in [5.41, 5.74) is 0.355. The maximum Gasteiger partial charge on any atom is 0.407 e. The van der Waals surface area contributed by atoms with Gasteiger partial charge >= 0.3 is 17.7 Å². The number of unbranched alkanes of at least 4 members (excludes halogenated alkanes) is 1. The second-order valence-corrected chi connectivity index (χ2v) is 7.55. The Hall–Kier alpha value is -3.40. The van der Waals surface area contributed by atoms with Crippen LogP contribution in [0.15, 0.2) is 36.5 Å². The summed E-state index contributed by atoms with van der Waals surface area (Å²) >= 11 is 5.90. The zero-order chi connectivity index (χ0) is 24.2. The Bertz CT molecular complexity index is 957. The second kappa shape index (κ2) is 13.2. The van der Waals surface area contributed by atoms with E-state index in [9.17, 15) is 19.7 Å². The Morgan fingerprint density at radius 3 is 2.61 bits per heavy atom. The molecule has 2 rings (SSSR count). The molecule has 0 aliphatic heterocycles. The van der Waals surface area contributed by atoms with E-state index in [2.05, 4.69) is 15.6 Å². The molecular weight excluding hydrogens is 452 g/mol. The Morgan fingerprint density at radius 1 is 1.21 bits per heavy atom. The standard InChI is InChI=1S/C22H27ClN4O6/c1-3-32-21(28)17-13-25-20(23)19(27(30)31)18(17)26-15(2)9-7-8-12-24-22(29)33-14-16-10-5-4-6-11-16/h4-6,10-11,13,15H,3,7-9,12,14H2,1-2H3,(H,24,29)(H,25,26). The number of benzene rings is 1. The van der Waals surface area contributed by atoms with Gasteiger partial charge in [0, 0.05) is 18.8 Å². The lowest BCUT2D eigenvalue weighted by molar-refractivity contribution is -0.384. The molecule has 1 heterocycles. The number of hydrogen-bond acceptors (Lipinski definition) is 8. The summed E-state index contributed by atoms with van der Waals surface area (Å²) in [4.78, 5) is 38.5. The van der Waals surface area contributed by atoms with E-state index < -0.39 is 22.7 Å². The molecule has 0 saturated carbocycles. The number of hydrogen-bond donors (Lipinski definition) is 2. The van der Waals surface area contributed by atoms with Crippen LogP contribution in [0.3, 0.4) is 0 Å². The molecule has 1 aromatic heterocycles. The molecule has 2 aromatic rings. The predicted molar refractivity (Wildman–Crippen MR) is 123 cm³/mol. The Kier molecular flexibility index (Phi) is 10.4. The number of rotatable bonds is 12. The highest BCUT2D eigenvalue weighted by atomic mass is 35.5. The molecule has 0 saturated heterocycles. The van der Waals surface area contributed by atoms with E-state index in [0.29, 0.717) is 25.8 Å². The number of halogens is 1. The van der Waals surface area contributed by atoms with E-state index >= 15 is 0 Å². The fourth-order valence-corrected chi connectivity index (χ4v) is 3.22. The van der Waals surface area contributed by atoms with Crippen molar-refractivity contribution in [2.45, 2.75) is 45.8 Å². The van der Waals surface area contributed by atoms with Crippen molar-refractivity contribution >= 4 is 35.0 Å². The third-order valence-electron chi connectivity index (χ3n) is 4.62.